The van der Waals surface area contributed by atoms with Crippen LogP contribution in [0.25, 0.3) is 0 Å². The lowest BCUT2D eigenvalue weighted by Gasteiger charge is -2.37. The highest BCUT2D eigenvalue weighted by atomic mass is 32.2. The van der Waals surface area contributed by atoms with Crippen LogP contribution in [0.5, 0.6) is 0 Å². The Kier molecular flexibility index (Phi) is 4.27. The molecule has 0 bridgehead atoms. The molecule has 6 heteroatoms. The molecule has 0 amide bonds. The molecule has 1 aliphatic heterocycles. The third-order valence-corrected chi connectivity index (χ3v) is 5.82. The van der Waals surface area contributed by atoms with E-state index < -0.39 is 15.8 Å². The van der Waals surface area contributed by atoms with Gasteiger partial charge in [-0.3, -0.25) is 9.69 Å². The van der Waals surface area contributed by atoms with Crippen LogP contribution in [-0.4, -0.2) is 54.5 Å². The molecule has 0 spiro atoms. The minimum Gasteiger partial charge on any atom is -0.480 e. The van der Waals surface area contributed by atoms with Crippen LogP contribution < -0.4 is 0 Å². The summed E-state index contributed by atoms with van der Waals surface area (Å²) in [6.45, 7) is 0.0510. The van der Waals surface area contributed by atoms with Gasteiger partial charge in [-0.2, -0.15) is 0 Å². The van der Waals surface area contributed by atoms with Gasteiger partial charge in [0.25, 0.3) is 0 Å². The van der Waals surface area contributed by atoms with Gasteiger partial charge in [0.1, 0.15) is 9.84 Å². The standard InChI is InChI=1S/C12H21NO4S/c14-12(15)9-13(10-3-1-2-4-10)11-5-7-18(16,17)8-6-11/h10-11H,1-9H2,(H,14,15). The van der Waals surface area contributed by atoms with Crippen LogP contribution in [0.4, 0.5) is 0 Å². The maximum Gasteiger partial charge on any atom is 0.317 e. The third kappa shape index (κ3) is 3.45. The van der Waals surface area contributed by atoms with Gasteiger partial charge >= 0.3 is 5.97 Å². The van der Waals surface area contributed by atoms with Crippen LogP contribution >= 0.6 is 0 Å². The van der Waals surface area contributed by atoms with Crippen molar-refractivity contribution in [2.24, 2.45) is 0 Å². The van der Waals surface area contributed by atoms with Gasteiger partial charge in [-0.05, 0) is 25.7 Å². The van der Waals surface area contributed by atoms with Gasteiger partial charge in [0, 0.05) is 12.1 Å². The van der Waals surface area contributed by atoms with Gasteiger partial charge in [0.05, 0.1) is 18.1 Å². The topological polar surface area (TPSA) is 74.7 Å². The Labute approximate surface area is 108 Å². The van der Waals surface area contributed by atoms with Crippen molar-refractivity contribution in [2.45, 2.75) is 50.6 Å². The Morgan fingerprint density at radius 1 is 1.06 bits per heavy atom. The van der Waals surface area contributed by atoms with Gasteiger partial charge in [0.15, 0.2) is 0 Å². The number of hydrogen-bond donors (Lipinski definition) is 1. The highest BCUT2D eigenvalue weighted by Gasteiger charge is 2.34. The molecule has 18 heavy (non-hydrogen) atoms. The van der Waals surface area contributed by atoms with E-state index in [1.165, 1.54) is 0 Å². The molecule has 5 nitrogen and oxygen atoms in total. The highest BCUT2D eigenvalue weighted by molar-refractivity contribution is 7.91. The van der Waals surface area contributed by atoms with Crippen LogP contribution in [0.15, 0.2) is 0 Å². The Morgan fingerprint density at radius 2 is 1.56 bits per heavy atom. The molecule has 2 rings (SSSR count). The van der Waals surface area contributed by atoms with Gasteiger partial charge in [-0.15, -0.1) is 0 Å². The number of nitrogens with zero attached hydrogens (tertiary/aromatic N) is 1. The van der Waals surface area contributed by atoms with Crippen molar-refractivity contribution in [3.05, 3.63) is 0 Å². The molecule has 1 saturated heterocycles. The highest BCUT2D eigenvalue weighted by Crippen LogP contribution is 2.28. The summed E-state index contributed by atoms with van der Waals surface area (Å²) in [5.41, 5.74) is 0. The molecule has 2 fully saturated rings. The lowest BCUT2D eigenvalue weighted by Crippen LogP contribution is -2.48. The predicted octanol–water partition coefficient (Wildman–Crippen LogP) is 0.893. The number of rotatable bonds is 4. The molecular formula is C12H21NO4S. The normalized spacial score (nSPS) is 25.6. The molecule has 0 aromatic carbocycles. The molecule has 0 aromatic rings. The SMILES string of the molecule is O=C(O)CN(C1CCCC1)C1CCS(=O)(=O)CC1. The molecular weight excluding hydrogens is 254 g/mol. The summed E-state index contributed by atoms with van der Waals surface area (Å²) in [6, 6.07) is 0.472. The zero-order chi connectivity index (χ0) is 13.2. The van der Waals surface area contributed by atoms with Gasteiger partial charge in [0.2, 0.25) is 0 Å². The third-order valence-electron chi connectivity index (χ3n) is 4.10. The number of carboxylic acids is 1. The summed E-state index contributed by atoms with van der Waals surface area (Å²) in [4.78, 5) is 13.0. The van der Waals surface area contributed by atoms with Crippen molar-refractivity contribution < 1.29 is 18.3 Å². The molecule has 0 radical (unpaired) electrons. The average molecular weight is 275 g/mol. The molecule has 0 aromatic heterocycles. The predicted molar refractivity (Wildman–Crippen MR) is 68.3 cm³/mol. The van der Waals surface area contributed by atoms with Crippen LogP contribution in [0.2, 0.25) is 0 Å². The van der Waals surface area contributed by atoms with Crippen molar-refractivity contribution in [3.8, 4) is 0 Å². The quantitative estimate of drug-likeness (QED) is 0.825. The monoisotopic (exact) mass is 275 g/mol. The average Bonchev–Trinajstić information content (AvgIpc) is 2.79. The maximum absolute atomic E-state index is 11.4. The van der Waals surface area contributed by atoms with E-state index in [0.717, 1.165) is 25.7 Å². The summed E-state index contributed by atoms with van der Waals surface area (Å²) in [5.74, 6) is -0.392. The van der Waals surface area contributed by atoms with Crippen molar-refractivity contribution in [2.75, 3.05) is 18.1 Å². The molecule has 1 N–H and O–H groups in total. The second-order valence-corrected chi connectivity index (χ2v) is 7.69. The lowest BCUT2D eigenvalue weighted by molar-refractivity contribution is -0.139. The summed E-state index contributed by atoms with van der Waals surface area (Å²) in [7, 11) is -2.88. The summed E-state index contributed by atoms with van der Waals surface area (Å²) < 4.78 is 22.9. The minimum atomic E-state index is -2.88. The Morgan fingerprint density at radius 3 is 2.06 bits per heavy atom. The molecule has 1 heterocycles. The van der Waals surface area contributed by atoms with Crippen LogP contribution in [0, 0.1) is 0 Å². The molecule has 0 unspecified atom stereocenters. The fourth-order valence-corrected chi connectivity index (χ4v) is 4.62. The van der Waals surface area contributed by atoms with Crippen molar-refractivity contribution in [1.82, 2.24) is 4.90 Å². The van der Waals surface area contributed by atoms with E-state index in [9.17, 15) is 13.2 Å². The van der Waals surface area contributed by atoms with E-state index in [0.29, 0.717) is 18.9 Å². The number of hydrogen-bond acceptors (Lipinski definition) is 4. The van der Waals surface area contributed by atoms with Crippen molar-refractivity contribution >= 4 is 15.8 Å². The van der Waals surface area contributed by atoms with Crippen molar-refractivity contribution in [1.29, 1.82) is 0 Å². The first-order valence-electron chi connectivity index (χ1n) is 6.66. The van der Waals surface area contributed by atoms with E-state index in [2.05, 4.69) is 0 Å². The molecule has 1 saturated carbocycles. The van der Waals surface area contributed by atoms with Gasteiger partial charge in [-0.1, -0.05) is 12.8 Å². The summed E-state index contributed by atoms with van der Waals surface area (Å²) in [5, 5.41) is 9.02. The van der Waals surface area contributed by atoms with Crippen LogP contribution in [-0.2, 0) is 14.6 Å². The smallest absolute Gasteiger partial charge is 0.317 e. The Balaban J connectivity index is 2.02. The number of aliphatic carboxylic acids is 1. The first-order valence-corrected chi connectivity index (χ1v) is 8.48. The second-order valence-electron chi connectivity index (χ2n) is 5.39. The molecule has 0 atom stereocenters. The largest absolute Gasteiger partial charge is 0.480 e. The molecule has 1 aliphatic carbocycles. The Hall–Kier alpha value is -0.620. The van der Waals surface area contributed by atoms with Gasteiger partial charge in [-0.25, -0.2) is 8.42 Å². The zero-order valence-electron chi connectivity index (χ0n) is 10.5. The van der Waals surface area contributed by atoms with E-state index in [1.54, 1.807) is 0 Å². The Bertz CT molecular complexity index is 386. The molecule has 2 aliphatic rings. The first-order chi connectivity index (χ1) is 8.48. The summed E-state index contributed by atoms with van der Waals surface area (Å²) >= 11 is 0. The number of sulfone groups is 1. The molecule has 104 valence electrons. The summed E-state index contributed by atoms with van der Waals surface area (Å²) in [6.07, 6.45) is 5.60. The van der Waals surface area contributed by atoms with Gasteiger partial charge < -0.3 is 5.11 Å². The van der Waals surface area contributed by atoms with Crippen molar-refractivity contribution in [3.63, 3.8) is 0 Å². The number of carbonyl (C=O) groups is 1. The minimum absolute atomic E-state index is 0.0510. The second kappa shape index (κ2) is 5.57. The lowest BCUT2D eigenvalue weighted by atomic mass is 10.1. The van der Waals surface area contributed by atoms with E-state index in [-0.39, 0.29) is 24.1 Å². The van der Waals surface area contributed by atoms with E-state index in [1.807, 2.05) is 4.90 Å². The van der Waals surface area contributed by atoms with E-state index >= 15 is 0 Å². The maximum atomic E-state index is 11.4. The number of carboxylic acid groups (broad SMARTS) is 1. The van der Waals surface area contributed by atoms with Crippen LogP contribution in [0.3, 0.4) is 0 Å². The zero-order valence-corrected chi connectivity index (χ0v) is 11.4. The fourth-order valence-electron chi connectivity index (χ4n) is 3.16. The first kappa shape index (κ1) is 13.8. The fraction of sp³-hybridized carbons (Fsp3) is 0.917. The van der Waals surface area contributed by atoms with E-state index in [4.69, 9.17) is 5.11 Å². The van der Waals surface area contributed by atoms with Crippen LogP contribution in [0.1, 0.15) is 38.5 Å².